The Kier molecular flexibility index (Phi) is 6.68. The molecule has 10 nitrogen and oxygen atoms in total. The molecule has 10 heteroatoms. The maximum absolute atomic E-state index is 12.0. The number of nitro benzene ring substituents is 1. The first kappa shape index (κ1) is 23.6. The third kappa shape index (κ3) is 4.80. The van der Waals surface area contributed by atoms with Crippen molar-refractivity contribution in [3.8, 4) is 11.6 Å². The lowest BCUT2D eigenvalue weighted by Gasteiger charge is -2.24. The molecule has 3 heterocycles. The van der Waals surface area contributed by atoms with E-state index in [-0.39, 0.29) is 10.6 Å². The fraction of sp³-hybridized carbons (Fsp3) is 0.308. The smallest absolute Gasteiger partial charge is 0.294 e. The molecule has 1 aliphatic heterocycles. The summed E-state index contributed by atoms with van der Waals surface area (Å²) in [6.07, 6.45) is 6.03. The Labute approximate surface area is 209 Å². The molecule has 0 saturated carbocycles. The minimum atomic E-state index is -0.366. The van der Waals surface area contributed by atoms with Gasteiger partial charge in [-0.15, -0.1) is 0 Å². The minimum Gasteiger partial charge on any atom is -0.494 e. The van der Waals surface area contributed by atoms with Crippen molar-refractivity contribution in [3.05, 3.63) is 71.0 Å². The summed E-state index contributed by atoms with van der Waals surface area (Å²) < 4.78 is 7.57. The Hall–Kier alpha value is -4.18. The number of para-hydroxylation sites is 1. The van der Waals surface area contributed by atoms with E-state index in [2.05, 4.69) is 20.2 Å². The topological polar surface area (TPSA) is 102 Å². The van der Waals surface area contributed by atoms with Crippen molar-refractivity contribution >= 4 is 33.9 Å². The molecule has 5 rings (SSSR count). The summed E-state index contributed by atoms with van der Waals surface area (Å²) in [4.78, 5) is 24.9. The monoisotopic (exact) mass is 487 g/mol. The molecule has 0 amide bonds. The first-order valence-electron chi connectivity index (χ1n) is 12.0. The SMILES string of the molecule is COc1cc(N(C)CCN2CCCC2)c([N+](=O)[O-])cc1Nc1nccc(-n2ccc3ccccc32)n1. The van der Waals surface area contributed by atoms with Gasteiger partial charge in [0, 0.05) is 44.7 Å². The summed E-state index contributed by atoms with van der Waals surface area (Å²) in [6, 6.07) is 15.1. The van der Waals surface area contributed by atoms with Crippen molar-refractivity contribution in [2.45, 2.75) is 12.8 Å². The average Bonchev–Trinajstić information content (AvgIpc) is 3.57. The number of hydrogen-bond donors (Lipinski definition) is 1. The lowest BCUT2D eigenvalue weighted by molar-refractivity contribution is -0.384. The van der Waals surface area contributed by atoms with Gasteiger partial charge in [-0.25, -0.2) is 4.98 Å². The summed E-state index contributed by atoms with van der Waals surface area (Å²) in [6.45, 7) is 3.72. The van der Waals surface area contributed by atoms with Crippen molar-refractivity contribution in [2.75, 3.05) is 50.6 Å². The van der Waals surface area contributed by atoms with Crippen LogP contribution in [-0.2, 0) is 0 Å². The first-order valence-corrected chi connectivity index (χ1v) is 12.0. The van der Waals surface area contributed by atoms with Crippen LogP contribution in [0, 0.1) is 10.1 Å². The number of fused-ring (bicyclic) bond motifs is 1. The molecule has 0 bridgehead atoms. The molecule has 1 fully saturated rings. The second-order valence-corrected chi connectivity index (χ2v) is 8.88. The van der Waals surface area contributed by atoms with Gasteiger partial charge >= 0.3 is 0 Å². The lowest BCUT2D eigenvalue weighted by Crippen LogP contribution is -2.31. The molecule has 2 aromatic heterocycles. The van der Waals surface area contributed by atoms with Gasteiger partial charge in [-0.1, -0.05) is 18.2 Å². The summed E-state index contributed by atoms with van der Waals surface area (Å²) in [7, 11) is 3.42. The van der Waals surface area contributed by atoms with E-state index in [1.165, 1.54) is 18.9 Å². The van der Waals surface area contributed by atoms with Crippen LogP contribution in [0.15, 0.2) is 60.9 Å². The maximum Gasteiger partial charge on any atom is 0.294 e. The van der Waals surface area contributed by atoms with Crippen LogP contribution in [0.2, 0.25) is 0 Å². The Morgan fingerprint density at radius 3 is 2.75 bits per heavy atom. The zero-order chi connectivity index (χ0) is 25.1. The van der Waals surface area contributed by atoms with Crippen LogP contribution in [0.3, 0.4) is 0 Å². The Morgan fingerprint density at radius 2 is 1.97 bits per heavy atom. The number of rotatable bonds is 9. The number of nitrogens with zero attached hydrogens (tertiary/aromatic N) is 6. The van der Waals surface area contributed by atoms with Crippen molar-refractivity contribution in [1.82, 2.24) is 19.4 Å². The highest BCUT2D eigenvalue weighted by Crippen LogP contribution is 2.39. The standard InChI is InChI=1S/C26H29N7O3/c1-30(15-16-31-12-5-6-13-31)22-18-24(36-2)20(17-23(22)33(34)35)28-26-27-11-9-25(29-26)32-14-10-19-7-3-4-8-21(19)32/h3-4,7-11,14,17-18H,5-6,12-13,15-16H2,1-2H3,(H,27,28,29). The van der Waals surface area contributed by atoms with Crippen molar-refractivity contribution in [2.24, 2.45) is 0 Å². The summed E-state index contributed by atoms with van der Waals surface area (Å²) in [5.41, 5.74) is 1.96. The fourth-order valence-electron chi connectivity index (χ4n) is 4.64. The summed E-state index contributed by atoms with van der Waals surface area (Å²) in [5.74, 6) is 1.47. The normalized spacial score (nSPS) is 13.7. The van der Waals surface area contributed by atoms with Gasteiger partial charge in [0.15, 0.2) is 0 Å². The summed E-state index contributed by atoms with van der Waals surface area (Å²) >= 11 is 0. The van der Waals surface area contributed by atoms with E-state index in [1.807, 2.05) is 59.1 Å². The summed E-state index contributed by atoms with van der Waals surface area (Å²) in [5, 5.41) is 16.2. The van der Waals surface area contributed by atoms with E-state index in [9.17, 15) is 10.1 Å². The quantitative estimate of drug-likeness (QED) is 0.270. The van der Waals surface area contributed by atoms with Gasteiger partial charge in [-0.05, 0) is 49.5 Å². The van der Waals surface area contributed by atoms with Gasteiger partial charge in [-0.2, -0.15) is 4.98 Å². The van der Waals surface area contributed by atoms with Crippen LogP contribution < -0.4 is 15.0 Å². The molecule has 4 aromatic rings. The predicted octanol–water partition coefficient (Wildman–Crippen LogP) is 4.61. The van der Waals surface area contributed by atoms with Gasteiger partial charge in [0.25, 0.3) is 5.69 Å². The zero-order valence-electron chi connectivity index (χ0n) is 20.4. The Balaban J connectivity index is 1.42. The molecule has 186 valence electrons. The number of likely N-dealkylation sites (tertiary alicyclic amines) is 1. The Bertz CT molecular complexity index is 1380. The number of ether oxygens (including phenoxy) is 1. The van der Waals surface area contributed by atoms with Crippen molar-refractivity contribution < 1.29 is 9.66 Å². The molecule has 1 aliphatic rings. The molecule has 0 unspecified atom stereocenters. The van der Waals surface area contributed by atoms with Gasteiger partial charge in [0.05, 0.1) is 23.2 Å². The molecule has 2 aromatic carbocycles. The number of nitro groups is 1. The number of benzene rings is 2. The Morgan fingerprint density at radius 1 is 1.17 bits per heavy atom. The van der Waals surface area contributed by atoms with Crippen LogP contribution in [-0.4, -0.2) is 64.7 Å². The maximum atomic E-state index is 12.0. The predicted molar refractivity (Wildman–Crippen MR) is 141 cm³/mol. The van der Waals surface area contributed by atoms with Gasteiger partial charge in [0.1, 0.15) is 17.3 Å². The highest BCUT2D eigenvalue weighted by molar-refractivity contribution is 5.81. The highest BCUT2D eigenvalue weighted by Gasteiger charge is 2.23. The molecule has 0 aliphatic carbocycles. The second kappa shape index (κ2) is 10.2. The van der Waals surface area contributed by atoms with Crippen LogP contribution in [0.1, 0.15) is 12.8 Å². The van der Waals surface area contributed by atoms with Crippen molar-refractivity contribution in [1.29, 1.82) is 0 Å². The van der Waals surface area contributed by atoms with Crippen LogP contribution in [0.25, 0.3) is 16.7 Å². The van der Waals surface area contributed by atoms with Crippen LogP contribution in [0.4, 0.5) is 23.0 Å². The number of methoxy groups -OCH3 is 1. The molecule has 0 spiro atoms. The lowest BCUT2D eigenvalue weighted by atomic mass is 10.2. The number of anilines is 3. The number of hydrogen-bond acceptors (Lipinski definition) is 8. The molecule has 1 saturated heterocycles. The zero-order valence-corrected chi connectivity index (χ0v) is 20.4. The average molecular weight is 488 g/mol. The van der Waals surface area contributed by atoms with E-state index in [1.54, 1.807) is 19.4 Å². The largest absolute Gasteiger partial charge is 0.494 e. The molecular weight excluding hydrogens is 458 g/mol. The van der Waals surface area contributed by atoms with E-state index in [4.69, 9.17) is 4.74 Å². The van der Waals surface area contributed by atoms with Crippen LogP contribution in [0.5, 0.6) is 5.75 Å². The number of nitrogens with one attached hydrogen (secondary N) is 1. The van der Waals surface area contributed by atoms with Crippen molar-refractivity contribution in [3.63, 3.8) is 0 Å². The first-order chi connectivity index (χ1) is 17.5. The molecule has 0 radical (unpaired) electrons. The highest BCUT2D eigenvalue weighted by atomic mass is 16.6. The van der Waals surface area contributed by atoms with Gasteiger partial charge in [-0.3, -0.25) is 10.1 Å². The molecule has 36 heavy (non-hydrogen) atoms. The van der Waals surface area contributed by atoms with Crippen LogP contribution >= 0.6 is 0 Å². The van der Waals surface area contributed by atoms with E-state index >= 15 is 0 Å². The minimum absolute atomic E-state index is 0.00483. The molecular formula is C26H29N7O3. The third-order valence-electron chi connectivity index (χ3n) is 6.59. The third-order valence-corrected chi connectivity index (χ3v) is 6.59. The number of aromatic nitrogens is 3. The second-order valence-electron chi connectivity index (χ2n) is 8.88. The molecule has 1 N–H and O–H groups in total. The van der Waals surface area contributed by atoms with Gasteiger partial charge in [0.2, 0.25) is 5.95 Å². The van der Waals surface area contributed by atoms with E-state index in [0.717, 1.165) is 30.5 Å². The van der Waals surface area contributed by atoms with Gasteiger partial charge < -0.3 is 24.4 Å². The van der Waals surface area contributed by atoms with E-state index < -0.39 is 0 Å². The number of likely N-dealkylation sites (N-methyl/N-ethyl adjacent to an activating group) is 1. The molecule has 0 atom stereocenters. The van der Waals surface area contributed by atoms with E-state index in [0.29, 0.717) is 35.4 Å². The fourth-order valence-corrected chi connectivity index (χ4v) is 4.64.